The third-order valence-corrected chi connectivity index (χ3v) is 5.63. The number of pyridine rings is 1. The molecule has 1 N–H and O–H groups in total. The van der Waals surface area contributed by atoms with Crippen LogP contribution in [0.5, 0.6) is 0 Å². The van der Waals surface area contributed by atoms with Gasteiger partial charge >= 0.3 is 0 Å². The fraction of sp³-hybridized carbons (Fsp3) is 0.429. The lowest BCUT2D eigenvalue weighted by atomic mass is 9.91. The molecule has 0 aromatic carbocycles. The van der Waals surface area contributed by atoms with Crippen molar-refractivity contribution >= 4 is 5.82 Å². The number of aromatic nitrogens is 5. The van der Waals surface area contributed by atoms with Crippen LogP contribution in [0, 0.1) is 19.8 Å². The molecule has 0 saturated carbocycles. The maximum atomic E-state index is 10.9. The summed E-state index contributed by atoms with van der Waals surface area (Å²) in [5.74, 6) is 2.51. The van der Waals surface area contributed by atoms with E-state index < -0.39 is 6.10 Å². The molecule has 0 bridgehead atoms. The Morgan fingerprint density at radius 2 is 1.93 bits per heavy atom. The molecule has 2 unspecified atom stereocenters. The van der Waals surface area contributed by atoms with Crippen molar-refractivity contribution in [1.82, 2.24) is 24.5 Å². The van der Waals surface area contributed by atoms with Crippen LogP contribution in [0.1, 0.15) is 36.0 Å². The van der Waals surface area contributed by atoms with Crippen LogP contribution in [0.2, 0.25) is 0 Å². The number of imidazole rings is 1. The first kappa shape index (κ1) is 18.6. The van der Waals surface area contributed by atoms with Gasteiger partial charge in [-0.3, -0.25) is 4.98 Å². The van der Waals surface area contributed by atoms with E-state index in [4.69, 9.17) is 4.98 Å². The molecule has 3 aromatic heterocycles. The van der Waals surface area contributed by atoms with Crippen molar-refractivity contribution < 1.29 is 5.11 Å². The average Bonchev–Trinajstić information content (AvgIpc) is 3.16. The fourth-order valence-corrected chi connectivity index (χ4v) is 3.88. The Balaban J connectivity index is 1.63. The largest absolute Gasteiger partial charge is 0.385 e. The number of anilines is 1. The highest BCUT2D eigenvalue weighted by atomic mass is 16.3. The summed E-state index contributed by atoms with van der Waals surface area (Å²) in [5.41, 5.74) is 3.02. The number of piperidine rings is 1. The minimum absolute atomic E-state index is 0.119. The van der Waals surface area contributed by atoms with Gasteiger partial charge in [-0.2, -0.15) is 0 Å². The molecule has 7 heteroatoms. The maximum absolute atomic E-state index is 10.9. The molecule has 7 nitrogen and oxygen atoms in total. The maximum Gasteiger partial charge on any atom is 0.161 e. The van der Waals surface area contributed by atoms with E-state index in [2.05, 4.69) is 26.8 Å². The number of aliphatic hydroxyl groups excluding tert-OH is 1. The molecule has 3 aromatic rings. The van der Waals surface area contributed by atoms with Crippen LogP contribution >= 0.6 is 0 Å². The van der Waals surface area contributed by atoms with Crippen LogP contribution in [0.4, 0.5) is 5.82 Å². The first-order chi connectivity index (χ1) is 13.5. The summed E-state index contributed by atoms with van der Waals surface area (Å²) >= 11 is 0. The van der Waals surface area contributed by atoms with E-state index in [1.807, 2.05) is 36.9 Å². The predicted molar refractivity (Wildman–Crippen MR) is 108 cm³/mol. The second-order valence-electron chi connectivity index (χ2n) is 7.51. The van der Waals surface area contributed by atoms with Gasteiger partial charge in [0.1, 0.15) is 17.7 Å². The van der Waals surface area contributed by atoms with E-state index >= 15 is 0 Å². The topological polar surface area (TPSA) is 80.0 Å². The summed E-state index contributed by atoms with van der Waals surface area (Å²) < 4.78 is 1.89. The normalized spacial score (nSPS) is 18.3. The number of aliphatic hydroxyl groups is 1. The van der Waals surface area contributed by atoms with Crippen LogP contribution in [0.3, 0.4) is 0 Å². The molecular formula is C21H26N6O. The average molecular weight is 378 g/mol. The molecule has 0 radical (unpaired) electrons. The Bertz CT molecular complexity index is 955. The van der Waals surface area contributed by atoms with Crippen molar-refractivity contribution in [3.8, 4) is 11.4 Å². The smallest absolute Gasteiger partial charge is 0.161 e. The van der Waals surface area contributed by atoms with Gasteiger partial charge < -0.3 is 14.6 Å². The minimum atomic E-state index is -0.578. The van der Waals surface area contributed by atoms with E-state index in [0.29, 0.717) is 5.82 Å². The standard InChI is InChI=1S/C21H26N6O/c1-14-15(2)24-19(16-6-8-22-9-7-16)25-20(14)27-11-4-5-17(13-27)18(28)21-23-10-12-26(21)3/h6-10,12,17-18,28H,4-5,11,13H2,1-3H3. The molecule has 4 heterocycles. The van der Waals surface area contributed by atoms with E-state index in [9.17, 15) is 5.11 Å². The molecule has 1 saturated heterocycles. The summed E-state index contributed by atoms with van der Waals surface area (Å²) in [6, 6.07) is 3.86. The Labute approximate surface area is 165 Å². The van der Waals surface area contributed by atoms with Crippen molar-refractivity contribution in [3.63, 3.8) is 0 Å². The van der Waals surface area contributed by atoms with E-state index in [1.54, 1.807) is 18.6 Å². The second-order valence-corrected chi connectivity index (χ2v) is 7.51. The van der Waals surface area contributed by atoms with Gasteiger partial charge in [-0.05, 0) is 38.8 Å². The van der Waals surface area contributed by atoms with Gasteiger partial charge in [-0.15, -0.1) is 0 Å². The molecular weight excluding hydrogens is 352 g/mol. The van der Waals surface area contributed by atoms with E-state index in [0.717, 1.165) is 54.4 Å². The monoisotopic (exact) mass is 378 g/mol. The highest BCUT2D eigenvalue weighted by Gasteiger charge is 2.30. The molecule has 146 valence electrons. The van der Waals surface area contributed by atoms with Crippen molar-refractivity contribution in [2.45, 2.75) is 32.8 Å². The van der Waals surface area contributed by atoms with Crippen LogP contribution in [-0.2, 0) is 7.05 Å². The third-order valence-electron chi connectivity index (χ3n) is 5.63. The second kappa shape index (κ2) is 7.67. The minimum Gasteiger partial charge on any atom is -0.385 e. The zero-order valence-corrected chi connectivity index (χ0v) is 16.6. The molecule has 1 aliphatic heterocycles. The van der Waals surface area contributed by atoms with E-state index in [-0.39, 0.29) is 5.92 Å². The highest BCUT2D eigenvalue weighted by molar-refractivity contribution is 5.60. The first-order valence-electron chi connectivity index (χ1n) is 9.70. The quantitative estimate of drug-likeness (QED) is 0.752. The Morgan fingerprint density at radius 1 is 1.14 bits per heavy atom. The number of aryl methyl sites for hydroxylation is 2. The van der Waals surface area contributed by atoms with Crippen molar-refractivity contribution in [3.05, 3.63) is 54.0 Å². The van der Waals surface area contributed by atoms with Gasteiger partial charge in [0.25, 0.3) is 0 Å². The summed E-state index contributed by atoms with van der Waals surface area (Å²) in [6.07, 6.45) is 8.53. The molecule has 0 aliphatic carbocycles. The summed E-state index contributed by atoms with van der Waals surface area (Å²) in [5, 5.41) is 10.9. The molecule has 4 rings (SSSR count). The summed E-state index contributed by atoms with van der Waals surface area (Å²) in [7, 11) is 1.92. The lowest BCUT2D eigenvalue weighted by Gasteiger charge is -2.36. The van der Waals surface area contributed by atoms with Crippen LogP contribution < -0.4 is 4.90 Å². The zero-order valence-electron chi connectivity index (χ0n) is 16.6. The van der Waals surface area contributed by atoms with Gasteiger partial charge in [0, 0.05) is 67.7 Å². The lowest BCUT2D eigenvalue weighted by Crippen LogP contribution is -2.39. The fourth-order valence-electron chi connectivity index (χ4n) is 3.88. The lowest BCUT2D eigenvalue weighted by molar-refractivity contribution is 0.0873. The first-order valence-corrected chi connectivity index (χ1v) is 9.70. The molecule has 1 fully saturated rings. The van der Waals surface area contributed by atoms with Gasteiger partial charge in [-0.1, -0.05) is 0 Å². The van der Waals surface area contributed by atoms with Crippen molar-refractivity contribution in [2.24, 2.45) is 13.0 Å². The Hall–Kier alpha value is -2.80. The SMILES string of the molecule is Cc1nc(-c2ccncc2)nc(N2CCCC(C(O)c3nccn3C)C2)c1C. The number of hydrogen-bond donors (Lipinski definition) is 1. The zero-order chi connectivity index (χ0) is 19.7. The molecule has 28 heavy (non-hydrogen) atoms. The molecule has 0 amide bonds. The van der Waals surface area contributed by atoms with Gasteiger partial charge in [0.15, 0.2) is 5.82 Å². The van der Waals surface area contributed by atoms with Gasteiger partial charge in [0.2, 0.25) is 0 Å². The van der Waals surface area contributed by atoms with Crippen LogP contribution in [0.15, 0.2) is 36.9 Å². The number of nitrogens with zero attached hydrogens (tertiary/aromatic N) is 6. The van der Waals surface area contributed by atoms with Gasteiger partial charge in [-0.25, -0.2) is 15.0 Å². The Morgan fingerprint density at radius 3 is 2.64 bits per heavy atom. The van der Waals surface area contributed by atoms with Gasteiger partial charge in [0.05, 0.1) is 0 Å². The number of hydrogen-bond acceptors (Lipinski definition) is 6. The van der Waals surface area contributed by atoms with E-state index in [1.165, 1.54) is 0 Å². The van der Waals surface area contributed by atoms with Crippen molar-refractivity contribution in [2.75, 3.05) is 18.0 Å². The van der Waals surface area contributed by atoms with Crippen molar-refractivity contribution in [1.29, 1.82) is 0 Å². The highest BCUT2D eigenvalue weighted by Crippen LogP contribution is 2.33. The molecule has 2 atom stereocenters. The third kappa shape index (κ3) is 3.49. The Kier molecular flexibility index (Phi) is 5.09. The summed E-state index contributed by atoms with van der Waals surface area (Å²) in [6.45, 7) is 5.77. The molecule has 1 aliphatic rings. The number of rotatable bonds is 4. The molecule has 0 spiro atoms. The predicted octanol–water partition coefficient (Wildman–Crippen LogP) is 2.84. The van der Waals surface area contributed by atoms with Crippen LogP contribution in [0.25, 0.3) is 11.4 Å². The van der Waals surface area contributed by atoms with Crippen LogP contribution in [-0.4, -0.2) is 42.7 Å². The summed E-state index contributed by atoms with van der Waals surface area (Å²) in [4.78, 5) is 20.3.